The first kappa shape index (κ1) is 24.7. The van der Waals surface area contributed by atoms with Crippen LogP contribution in [0.25, 0.3) is 16.7 Å². The first-order valence-corrected chi connectivity index (χ1v) is 12.1. The van der Waals surface area contributed by atoms with Crippen LogP contribution in [0, 0.1) is 0 Å². The lowest BCUT2D eigenvalue weighted by Crippen LogP contribution is -2.16. The van der Waals surface area contributed by atoms with Crippen LogP contribution in [0.5, 0.6) is 5.75 Å². The standard InChI is InChI=1S/C27H37N3O3/c1-6-7-8-9-12-19(2)33-25(31)16-15-20-17-21(27(3,4)5)26(32)24(18-20)30-28-22-13-10-11-14-23(22)29-30/h10-11,13-14,17-19,32H,6-9,12,15-16H2,1-5H3. The highest BCUT2D eigenvalue weighted by molar-refractivity contribution is 5.74. The van der Waals surface area contributed by atoms with Gasteiger partial charge >= 0.3 is 5.97 Å². The molecule has 0 saturated carbocycles. The fourth-order valence-corrected chi connectivity index (χ4v) is 3.96. The molecule has 0 radical (unpaired) electrons. The van der Waals surface area contributed by atoms with Gasteiger partial charge in [-0.3, -0.25) is 4.79 Å². The van der Waals surface area contributed by atoms with E-state index in [2.05, 4.69) is 37.9 Å². The van der Waals surface area contributed by atoms with Crippen molar-refractivity contribution in [1.82, 2.24) is 15.0 Å². The molecule has 0 saturated heterocycles. The molecule has 0 aliphatic carbocycles. The first-order chi connectivity index (χ1) is 15.7. The van der Waals surface area contributed by atoms with Crippen molar-refractivity contribution < 1.29 is 14.6 Å². The maximum atomic E-state index is 12.4. The molecule has 0 aliphatic rings. The van der Waals surface area contributed by atoms with Crippen molar-refractivity contribution >= 4 is 17.0 Å². The number of aromatic nitrogens is 3. The second kappa shape index (κ2) is 10.8. The number of nitrogens with zero attached hydrogens (tertiary/aromatic N) is 3. The lowest BCUT2D eigenvalue weighted by molar-refractivity contribution is -0.148. The summed E-state index contributed by atoms with van der Waals surface area (Å²) in [5.74, 6) is -0.0253. The summed E-state index contributed by atoms with van der Waals surface area (Å²) < 4.78 is 5.61. The number of esters is 1. The summed E-state index contributed by atoms with van der Waals surface area (Å²) in [6, 6.07) is 11.4. The van der Waals surface area contributed by atoms with E-state index >= 15 is 0 Å². The van der Waals surface area contributed by atoms with Crippen LogP contribution >= 0.6 is 0 Å². The van der Waals surface area contributed by atoms with Gasteiger partial charge in [0.1, 0.15) is 22.5 Å². The summed E-state index contributed by atoms with van der Waals surface area (Å²) in [5, 5.41) is 20.1. The van der Waals surface area contributed by atoms with E-state index in [9.17, 15) is 9.90 Å². The van der Waals surface area contributed by atoms with Gasteiger partial charge in [-0.05, 0) is 55.4 Å². The van der Waals surface area contributed by atoms with E-state index in [1.165, 1.54) is 24.1 Å². The van der Waals surface area contributed by atoms with Gasteiger partial charge in [-0.15, -0.1) is 15.0 Å². The molecule has 178 valence electrons. The monoisotopic (exact) mass is 451 g/mol. The van der Waals surface area contributed by atoms with E-state index in [-0.39, 0.29) is 23.2 Å². The Morgan fingerprint density at radius 2 is 1.76 bits per heavy atom. The van der Waals surface area contributed by atoms with Gasteiger partial charge in [0.15, 0.2) is 0 Å². The molecule has 0 bridgehead atoms. The van der Waals surface area contributed by atoms with E-state index < -0.39 is 0 Å². The van der Waals surface area contributed by atoms with Crippen LogP contribution in [0.15, 0.2) is 36.4 Å². The molecule has 6 heteroatoms. The Bertz CT molecular complexity index is 1050. The molecule has 0 aliphatic heterocycles. The Balaban J connectivity index is 1.76. The number of hydrogen-bond donors (Lipinski definition) is 1. The van der Waals surface area contributed by atoms with Gasteiger partial charge in [0.2, 0.25) is 0 Å². The molecule has 0 amide bonds. The van der Waals surface area contributed by atoms with Crippen molar-refractivity contribution in [1.29, 1.82) is 0 Å². The summed E-state index contributed by atoms with van der Waals surface area (Å²) in [7, 11) is 0. The number of carbonyl (C=O) groups is 1. The Labute approximate surface area is 197 Å². The van der Waals surface area contributed by atoms with Crippen LogP contribution in [0.2, 0.25) is 0 Å². The average molecular weight is 452 g/mol. The van der Waals surface area contributed by atoms with Crippen molar-refractivity contribution in [2.45, 2.75) is 91.1 Å². The predicted molar refractivity (Wildman–Crippen MR) is 132 cm³/mol. The van der Waals surface area contributed by atoms with Gasteiger partial charge in [0.25, 0.3) is 0 Å². The van der Waals surface area contributed by atoms with Crippen molar-refractivity contribution in [3.63, 3.8) is 0 Å². The largest absolute Gasteiger partial charge is 0.505 e. The number of aryl methyl sites for hydroxylation is 1. The van der Waals surface area contributed by atoms with Gasteiger partial charge in [-0.1, -0.05) is 65.2 Å². The third-order valence-electron chi connectivity index (χ3n) is 5.87. The Hall–Kier alpha value is -2.89. The highest BCUT2D eigenvalue weighted by Gasteiger charge is 2.23. The number of rotatable bonds is 10. The number of ether oxygens (including phenoxy) is 1. The lowest BCUT2D eigenvalue weighted by atomic mass is 9.84. The second-order valence-corrected chi connectivity index (χ2v) is 9.89. The third kappa shape index (κ3) is 6.56. The predicted octanol–water partition coefficient (Wildman–Crippen LogP) is 6.26. The molecular weight excluding hydrogens is 414 g/mol. The van der Waals surface area contributed by atoms with Crippen molar-refractivity contribution in [2.75, 3.05) is 0 Å². The minimum Gasteiger partial charge on any atom is -0.505 e. The van der Waals surface area contributed by atoms with Gasteiger partial charge in [-0.25, -0.2) is 0 Å². The van der Waals surface area contributed by atoms with Crippen LogP contribution in [-0.4, -0.2) is 32.2 Å². The topological polar surface area (TPSA) is 77.2 Å². The van der Waals surface area contributed by atoms with Gasteiger partial charge in [0.05, 0.1) is 6.10 Å². The maximum Gasteiger partial charge on any atom is 0.306 e. The third-order valence-corrected chi connectivity index (χ3v) is 5.87. The smallest absolute Gasteiger partial charge is 0.306 e. The van der Waals surface area contributed by atoms with Gasteiger partial charge in [-0.2, -0.15) is 0 Å². The molecule has 1 atom stereocenters. The Morgan fingerprint density at radius 3 is 2.36 bits per heavy atom. The van der Waals surface area contributed by atoms with E-state index in [1.54, 1.807) is 0 Å². The molecule has 6 nitrogen and oxygen atoms in total. The van der Waals surface area contributed by atoms with Gasteiger partial charge in [0, 0.05) is 12.0 Å². The molecular formula is C27H37N3O3. The number of aromatic hydroxyl groups is 1. The number of phenolic OH excluding ortho intramolecular Hbond substituents is 1. The summed E-state index contributed by atoms with van der Waals surface area (Å²) in [5.41, 5.74) is 3.50. The quantitative estimate of drug-likeness (QED) is 0.291. The van der Waals surface area contributed by atoms with E-state index in [4.69, 9.17) is 4.74 Å². The maximum absolute atomic E-state index is 12.4. The first-order valence-electron chi connectivity index (χ1n) is 12.1. The highest BCUT2D eigenvalue weighted by atomic mass is 16.5. The number of benzene rings is 2. The molecule has 33 heavy (non-hydrogen) atoms. The van der Waals surface area contributed by atoms with Gasteiger partial charge < -0.3 is 9.84 Å². The molecule has 3 rings (SSSR count). The Kier molecular flexibility index (Phi) is 8.11. The molecule has 0 fully saturated rings. The minimum absolute atomic E-state index is 0.0597. The summed E-state index contributed by atoms with van der Waals surface area (Å²) in [6.07, 6.45) is 6.35. The molecule has 2 aromatic carbocycles. The zero-order valence-electron chi connectivity index (χ0n) is 20.6. The van der Waals surface area contributed by atoms with Crippen LogP contribution in [-0.2, 0) is 21.4 Å². The molecule has 1 N–H and O–H groups in total. The minimum atomic E-state index is -0.283. The zero-order valence-corrected chi connectivity index (χ0v) is 20.6. The number of phenols is 1. The molecule has 0 spiro atoms. The van der Waals surface area contributed by atoms with Crippen LogP contribution < -0.4 is 0 Å². The fourth-order valence-electron chi connectivity index (χ4n) is 3.96. The van der Waals surface area contributed by atoms with E-state index in [0.29, 0.717) is 18.5 Å². The number of carbonyl (C=O) groups excluding carboxylic acids is 1. The average Bonchev–Trinajstić information content (AvgIpc) is 3.19. The van der Waals surface area contributed by atoms with E-state index in [1.807, 2.05) is 43.3 Å². The summed E-state index contributed by atoms with van der Waals surface area (Å²) in [6.45, 7) is 10.3. The molecule has 1 unspecified atom stereocenters. The SMILES string of the molecule is CCCCCCC(C)OC(=O)CCc1cc(-n2nc3ccccc3n2)c(O)c(C(C)(C)C)c1. The lowest BCUT2D eigenvalue weighted by Gasteiger charge is -2.23. The Morgan fingerprint density at radius 1 is 1.09 bits per heavy atom. The zero-order chi connectivity index (χ0) is 24.0. The molecule has 3 aromatic rings. The normalized spacial score (nSPS) is 12.8. The molecule has 1 heterocycles. The van der Waals surface area contributed by atoms with Crippen LogP contribution in [0.1, 0.15) is 84.3 Å². The molecule has 1 aromatic heterocycles. The van der Waals surface area contributed by atoms with Crippen molar-refractivity contribution in [3.05, 3.63) is 47.5 Å². The number of hydrogen-bond acceptors (Lipinski definition) is 5. The van der Waals surface area contributed by atoms with E-state index in [0.717, 1.165) is 35.0 Å². The fraction of sp³-hybridized carbons (Fsp3) is 0.519. The van der Waals surface area contributed by atoms with Crippen molar-refractivity contribution in [2.24, 2.45) is 0 Å². The second-order valence-electron chi connectivity index (χ2n) is 9.89. The van der Waals surface area contributed by atoms with Crippen LogP contribution in [0.3, 0.4) is 0 Å². The number of fused-ring (bicyclic) bond motifs is 1. The highest BCUT2D eigenvalue weighted by Crippen LogP contribution is 2.36. The summed E-state index contributed by atoms with van der Waals surface area (Å²) in [4.78, 5) is 13.9. The summed E-state index contributed by atoms with van der Waals surface area (Å²) >= 11 is 0. The van der Waals surface area contributed by atoms with Crippen molar-refractivity contribution in [3.8, 4) is 11.4 Å². The van der Waals surface area contributed by atoms with Crippen LogP contribution in [0.4, 0.5) is 0 Å². The number of unbranched alkanes of at least 4 members (excludes halogenated alkanes) is 3.